The van der Waals surface area contributed by atoms with E-state index in [0.29, 0.717) is 66.5 Å². The van der Waals surface area contributed by atoms with Gasteiger partial charge in [-0.3, -0.25) is 24.7 Å². The molecule has 44 heavy (non-hydrogen) atoms. The van der Waals surface area contributed by atoms with E-state index in [0.717, 1.165) is 24.3 Å². The standard InChI is InChI=1S/C29H34F3N7O4S/c1-17-11-20(13-21(12-17)43-29(30,31)32)25-23(16-39-6-4-5-18(39)2)44-28(35-25)36-26(40)22-14-34-24(15-33-22)38-9-7-37(8-10-38)19(3)27(41)42/h11-15,18-19H,4-10,16H2,1-3H3,(H,41,42)(H,35,36,40). The van der Waals surface area contributed by atoms with Crippen LogP contribution < -0.4 is 15.0 Å². The molecule has 236 valence electrons. The number of halogens is 3. The number of carbonyl (C=O) groups excluding carboxylic acids is 1. The number of ether oxygens (including phenoxy) is 1. The van der Waals surface area contributed by atoms with Crippen LogP contribution in [0.1, 0.15) is 47.6 Å². The van der Waals surface area contributed by atoms with Crippen LogP contribution in [0.5, 0.6) is 5.75 Å². The number of thiazole rings is 1. The van der Waals surface area contributed by atoms with Crippen LogP contribution in [-0.2, 0) is 11.3 Å². The third kappa shape index (κ3) is 7.63. The highest BCUT2D eigenvalue weighted by Crippen LogP contribution is 2.37. The lowest BCUT2D eigenvalue weighted by Crippen LogP contribution is -2.52. The first-order valence-electron chi connectivity index (χ1n) is 14.3. The van der Waals surface area contributed by atoms with Crippen molar-refractivity contribution in [2.45, 2.75) is 58.6 Å². The predicted molar refractivity (Wildman–Crippen MR) is 159 cm³/mol. The van der Waals surface area contributed by atoms with Gasteiger partial charge in [-0.1, -0.05) is 11.3 Å². The Kier molecular flexibility index (Phi) is 9.37. The maximum Gasteiger partial charge on any atom is 0.573 e. The molecule has 0 bridgehead atoms. The van der Waals surface area contributed by atoms with Gasteiger partial charge in [-0.2, -0.15) is 0 Å². The van der Waals surface area contributed by atoms with Crippen LogP contribution in [0.3, 0.4) is 0 Å². The van der Waals surface area contributed by atoms with Crippen molar-refractivity contribution in [3.8, 4) is 17.0 Å². The van der Waals surface area contributed by atoms with Gasteiger partial charge in [0.05, 0.1) is 18.1 Å². The van der Waals surface area contributed by atoms with Gasteiger partial charge in [0.25, 0.3) is 5.91 Å². The number of nitrogens with one attached hydrogen (secondary N) is 1. The Bertz CT molecular complexity index is 1490. The summed E-state index contributed by atoms with van der Waals surface area (Å²) in [4.78, 5) is 44.7. The number of rotatable bonds is 9. The third-order valence-corrected chi connectivity index (χ3v) is 8.88. The minimum Gasteiger partial charge on any atom is -0.480 e. The number of piperazine rings is 1. The number of aromatic nitrogens is 3. The molecule has 2 N–H and O–H groups in total. The zero-order valence-electron chi connectivity index (χ0n) is 24.6. The summed E-state index contributed by atoms with van der Waals surface area (Å²) in [6.07, 6.45) is 0.160. The van der Waals surface area contributed by atoms with Crippen LogP contribution in [0.25, 0.3) is 11.3 Å². The highest BCUT2D eigenvalue weighted by molar-refractivity contribution is 7.16. The maximum absolute atomic E-state index is 13.1. The van der Waals surface area contributed by atoms with Crippen LogP contribution in [0, 0.1) is 6.92 Å². The van der Waals surface area contributed by atoms with Crippen molar-refractivity contribution in [2.75, 3.05) is 42.9 Å². The van der Waals surface area contributed by atoms with Crippen molar-refractivity contribution in [3.63, 3.8) is 0 Å². The summed E-state index contributed by atoms with van der Waals surface area (Å²) < 4.78 is 43.1. The molecule has 2 fully saturated rings. The molecule has 0 saturated carbocycles. The second-order valence-corrected chi connectivity index (χ2v) is 12.2. The fraction of sp³-hybridized carbons (Fsp3) is 0.483. The van der Waals surface area contributed by atoms with Gasteiger partial charge >= 0.3 is 12.3 Å². The van der Waals surface area contributed by atoms with E-state index in [4.69, 9.17) is 0 Å². The fourth-order valence-corrected chi connectivity index (χ4v) is 6.49. The summed E-state index contributed by atoms with van der Waals surface area (Å²) in [5, 5.41) is 12.3. The average Bonchev–Trinajstić information content (AvgIpc) is 3.56. The smallest absolute Gasteiger partial charge is 0.480 e. The second kappa shape index (κ2) is 13.0. The van der Waals surface area contributed by atoms with Gasteiger partial charge in [0.15, 0.2) is 5.13 Å². The Hall–Kier alpha value is -3.82. The number of carboxylic acids is 1. The van der Waals surface area contributed by atoms with Crippen LogP contribution in [0.2, 0.25) is 0 Å². The van der Waals surface area contributed by atoms with Gasteiger partial charge in [-0.15, -0.1) is 13.2 Å². The van der Waals surface area contributed by atoms with Crippen LogP contribution >= 0.6 is 11.3 Å². The number of aryl methyl sites for hydroxylation is 1. The Morgan fingerprint density at radius 3 is 2.50 bits per heavy atom. The summed E-state index contributed by atoms with van der Waals surface area (Å²) in [6, 6.07) is 4.15. The molecule has 1 amide bonds. The Balaban J connectivity index is 1.32. The third-order valence-electron chi connectivity index (χ3n) is 7.93. The second-order valence-electron chi connectivity index (χ2n) is 11.1. The van der Waals surface area contributed by atoms with Crippen LogP contribution in [0.4, 0.5) is 24.1 Å². The molecule has 5 rings (SSSR count). The predicted octanol–water partition coefficient (Wildman–Crippen LogP) is 4.64. The lowest BCUT2D eigenvalue weighted by Gasteiger charge is -2.36. The molecule has 0 radical (unpaired) electrons. The largest absolute Gasteiger partial charge is 0.573 e. The minimum atomic E-state index is -4.83. The van der Waals surface area contributed by atoms with Crippen LogP contribution in [-0.4, -0.2) is 92.9 Å². The van der Waals surface area contributed by atoms with Crippen molar-refractivity contribution in [2.24, 2.45) is 0 Å². The molecule has 4 heterocycles. The highest BCUT2D eigenvalue weighted by atomic mass is 32.1. The van der Waals surface area contributed by atoms with Gasteiger partial charge in [0.1, 0.15) is 23.3 Å². The molecule has 1 aromatic carbocycles. The van der Waals surface area contributed by atoms with Crippen molar-refractivity contribution in [1.29, 1.82) is 0 Å². The van der Waals surface area contributed by atoms with E-state index in [1.165, 1.54) is 35.9 Å². The Labute approximate surface area is 256 Å². The summed E-state index contributed by atoms with van der Waals surface area (Å²) >= 11 is 1.27. The molecule has 0 aliphatic carbocycles. The lowest BCUT2D eigenvalue weighted by molar-refractivity contribution is -0.274. The number of nitrogens with zero attached hydrogens (tertiary/aromatic N) is 6. The highest BCUT2D eigenvalue weighted by Gasteiger charge is 2.32. The van der Waals surface area contributed by atoms with Gasteiger partial charge in [-0.25, -0.2) is 15.0 Å². The maximum atomic E-state index is 13.1. The number of aliphatic carboxylic acids is 1. The summed E-state index contributed by atoms with van der Waals surface area (Å²) in [7, 11) is 0. The summed E-state index contributed by atoms with van der Waals surface area (Å²) in [6.45, 7) is 9.19. The number of alkyl halides is 3. The van der Waals surface area contributed by atoms with E-state index in [1.807, 2.05) is 9.80 Å². The van der Waals surface area contributed by atoms with Crippen molar-refractivity contribution < 1.29 is 32.6 Å². The fourth-order valence-electron chi connectivity index (χ4n) is 5.48. The molecule has 2 aliphatic heterocycles. The van der Waals surface area contributed by atoms with Crippen LogP contribution in [0.15, 0.2) is 30.6 Å². The molecule has 2 aliphatic rings. The molecule has 11 nitrogen and oxygen atoms in total. The summed E-state index contributed by atoms with van der Waals surface area (Å²) in [5.41, 5.74) is 1.60. The molecule has 2 unspecified atom stereocenters. The molecule has 2 saturated heterocycles. The number of carboxylic acid groups (broad SMARTS) is 1. The molecule has 15 heteroatoms. The minimum absolute atomic E-state index is 0.0785. The summed E-state index contributed by atoms with van der Waals surface area (Å²) in [5.74, 6) is -1.13. The van der Waals surface area contributed by atoms with E-state index in [-0.39, 0.29) is 11.4 Å². The Morgan fingerprint density at radius 1 is 1.14 bits per heavy atom. The van der Waals surface area contributed by atoms with Gasteiger partial charge < -0.3 is 14.7 Å². The lowest BCUT2D eigenvalue weighted by atomic mass is 10.1. The number of hydrogen-bond acceptors (Lipinski definition) is 10. The van der Waals surface area contributed by atoms with Crippen molar-refractivity contribution in [3.05, 3.63) is 46.7 Å². The quantitative estimate of drug-likeness (QED) is 0.345. The molecule has 3 aromatic rings. The molecule has 0 spiro atoms. The molecular formula is C29H34F3N7O4S. The molecular weight excluding hydrogens is 599 g/mol. The number of carbonyl (C=O) groups is 2. The van der Waals surface area contributed by atoms with Crippen molar-refractivity contribution in [1.82, 2.24) is 24.8 Å². The van der Waals surface area contributed by atoms with E-state index in [1.54, 1.807) is 19.9 Å². The Morgan fingerprint density at radius 2 is 1.89 bits per heavy atom. The monoisotopic (exact) mass is 633 g/mol. The molecule has 2 atom stereocenters. The zero-order chi connectivity index (χ0) is 31.6. The zero-order valence-corrected chi connectivity index (χ0v) is 25.4. The van der Waals surface area contributed by atoms with Crippen molar-refractivity contribution >= 4 is 34.2 Å². The number of likely N-dealkylation sites (tertiary alicyclic amines) is 1. The number of amides is 1. The van der Waals surface area contributed by atoms with Gasteiger partial charge in [-0.05, 0) is 63.9 Å². The van der Waals surface area contributed by atoms with E-state index in [2.05, 4.69) is 36.8 Å². The first kappa shape index (κ1) is 31.6. The first-order valence-corrected chi connectivity index (χ1v) is 15.1. The normalized spacial score (nSPS) is 18.8. The number of anilines is 2. The first-order chi connectivity index (χ1) is 20.9. The number of benzene rings is 1. The van der Waals surface area contributed by atoms with Gasteiger partial charge in [0.2, 0.25) is 0 Å². The van der Waals surface area contributed by atoms with E-state index < -0.39 is 24.3 Å². The van der Waals surface area contributed by atoms with E-state index >= 15 is 0 Å². The SMILES string of the molecule is Cc1cc(OC(F)(F)F)cc(-c2nc(NC(=O)c3cnc(N4CCN(C(C)C(=O)O)CC4)cn3)sc2CN2CCCC2C)c1. The van der Waals surface area contributed by atoms with Gasteiger partial charge in [0, 0.05) is 49.2 Å². The average molecular weight is 634 g/mol. The molecule has 2 aromatic heterocycles. The number of hydrogen-bond donors (Lipinski definition) is 2. The topological polar surface area (TPSA) is 124 Å². The van der Waals surface area contributed by atoms with E-state index in [9.17, 15) is 27.9 Å².